The third-order valence-corrected chi connectivity index (χ3v) is 6.06. The topological polar surface area (TPSA) is 54.5 Å². The fourth-order valence-electron chi connectivity index (χ4n) is 1.74. The minimum Gasteiger partial charge on any atom is -0.272 e. The molecular formula is C11H9BrF3NO3S. The molecule has 1 heterocycles. The van der Waals surface area contributed by atoms with Gasteiger partial charge in [0.1, 0.15) is 0 Å². The van der Waals surface area contributed by atoms with Crippen molar-refractivity contribution in [2.24, 2.45) is 0 Å². The monoisotopic (exact) mass is 371 g/mol. The fraction of sp³-hybridized carbons (Fsp3) is 0.364. The van der Waals surface area contributed by atoms with Gasteiger partial charge in [-0.1, -0.05) is 0 Å². The van der Waals surface area contributed by atoms with Crippen molar-refractivity contribution in [2.75, 3.05) is 4.31 Å². The zero-order valence-electron chi connectivity index (χ0n) is 10.3. The fourth-order valence-corrected chi connectivity index (χ4v) is 3.77. The normalized spacial score (nSPS) is 20.7. The largest absolute Gasteiger partial charge is 0.416 e. The van der Waals surface area contributed by atoms with E-state index in [1.54, 1.807) is 0 Å². The van der Waals surface area contributed by atoms with Crippen molar-refractivity contribution in [3.63, 3.8) is 0 Å². The Labute approximate surface area is 121 Å². The quantitative estimate of drug-likeness (QED) is 0.762. The molecule has 0 aliphatic carbocycles. The summed E-state index contributed by atoms with van der Waals surface area (Å²) in [4.78, 5) is 11.9. The molecule has 0 aromatic heterocycles. The van der Waals surface area contributed by atoms with E-state index in [4.69, 9.17) is 0 Å². The van der Waals surface area contributed by atoms with Crippen LogP contribution in [0.1, 0.15) is 19.4 Å². The molecule has 0 bridgehead atoms. The first-order valence-electron chi connectivity index (χ1n) is 5.37. The molecule has 1 aliphatic heterocycles. The zero-order valence-corrected chi connectivity index (χ0v) is 12.7. The Morgan fingerprint density at radius 3 is 2.25 bits per heavy atom. The maximum Gasteiger partial charge on any atom is 0.416 e. The second-order valence-electron chi connectivity index (χ2n) is 4.75. The van der Waals surface area contributed by atoms with E-state index in [1.807, 2.05) is 0 Å². The molecule has 0 atom stereocenters. The number of hydrogen-bond acceptors (Lipinski definition) is 3. The lowest BCUT2D eigenvalue weighted by Crippen LogP contribution is -2.67. The second kappa shape index (κ2) is 4.20. The van der Waals surface area contributed by atoms with Gasteiger partial charge in [-0.05, 0) is 48.0 Å². The van der Waals surface area contributed by atoms with Gasteiger partial charge in [0, 0.05) is 4.47 Å². The number of anilines is 1. The van der Waals surface area contributed by atoms with Gasteiger partial charge in [0.05, 0.1) is 11.3 Å². The average molecular weight is 372 g/mol. The van der Waals surface area contributed by atoms with Crippen molar-refractivity contribution in [1.82, 2.24) is 0 Å². The van der Waals surface area contributed by atoms with E-state index in [0.29, 0.717) is 10.4 Å². The van der Waals surface area contributed by atoms with Gasteiger partial charge >= 0.3 is 6.18 Å². The molecule has 1 fully saturated rings. The molecule has 1 saturated heterocycles. The van der Waals surface area contributed by atoms with Gasteiger partial charge in [0.2, 0.25) is 0 Å². The third-order valence-electron chi connectivity index (χ3n) is 3.08. The molecule has 1 aromatic rings. The third kappa shape index (κ3) is 1.95. The first-order chi connectivity index (χ1) is 8.90. The highest BCUT2D eigenvalue weighted by Gasteiger charge is 2.61. The number of amides is 1. The predicted octanol–water partition coefficient (Wildman–Crippen LogP) is 2.92. The van der Waals surface area contributed by atoms with E-state index < -0.39 is 32.4 Å². The first-order valence-corrected chi connectivity index (χ1v) is 7.60. The lowest BCUT2D eigenvalue weighted by molar-refractivity contribution is -0.137. The minimum absolute atomic E-state index is 0.0953. The first kappa shape index (κ1) is 15.3. The van der Waals surface area contributed by atoms with Gasteiger partial charge in [0.25, 0.3) is 15.9 Å². The van der Waals surface area contributed by atoms with E-state index >= 15 is 0 Å². The van der Waals surface area contributed by atoms with E-state index in [1.165, 1.54) is 13.8 Å². The Hall–Kier alpha value is -1.09. The summed E-state index contributed by atoms with van der Waals surface area (Å²) in [6, 6.07) is 2.50. The summed E-state index contributed by atoms with van der Waals surface area (Å²) in [6.45, 7) is 2.42. The van der Waals surface area contributed by atoms with E-state index in [-0.39, 0.29) is 10.2 Å². The van der Waals surface area contributed by atoms with Crippen molar-refractivity contribution in [1.29, 1.82) is 0 Å². The number of nitrogens with zero attached hydrogens (tertiary/aromatic N) is 1. The maximum absolute atomic E-state index is 12.7. The molecule has 0 radical (unpaired) electrons. The number of rotatable bonds is 1. The summed E-state index contributed by atoms with van der Waals surface area (Å²) in [5.41, 5.74) is -1.35. The number of sulfonamides is 1. The van der Waals surface area contributed by atoms with Gasteiger partial charge in [-0.25, -0.2) is 12.7 Å². The number of benzene rings is 1. The van der Waals surface area contributed by atoms with Gasteiger partial charge < -0.3 is 0 Å². The van der Waals surface area contributed by atoms with Crippen LogP contribution in [-0.4, -0.2) is 19.1 Å². The number of halogens is 4. The molecule has 1 aromatic carbocycles. The molecular weight excluding hydrogens is 363 g/mol. The molecule has 0 N–H and O–H groups in total. The number of alkyl halides is 3. The molecule has 4 nitrogen and oxygen atoms in total. The van der Waals surface area contributed by atoms with Crippen molar-refractivity contribution in [3.05, 3.63) is 28.2 Å². The summed E-state index contributed by atoms with van der Waals surface area (Å²) in [5, 5.41) is 0. The van der Waals surface area contributed by atoms with Crippen LogP contribution in [0, 0.1) is 0 Å². The lowest BCUT2D eigenvalue weighted by Gasteiger charge is -2.43. The second-order valence-corrected chi connectivity index (χ2v) is 7.94. The highest BCUT2D eigenvalue weighted by molar-refractivity contribution is 9.10. The van der Waals surface area contributed by atoms with Crippen molar-refractivity contribution >= 4 is 37.5 Å². The summed E-state index contributed by atoms with van der Waals surface area (Å²) >= 11 is 2.96. The number of carbonyl (C=O) groups excluding carboxylic acids is 1. The van der Waals surface area contributed by atoms with E-state index in [2.05, 4.69) is 15.9 Å². The molecule has 1 amide bonds. The Balaban J connectivity index is 2.58. The van der Waals surface area contributed by atoms with Crippen LogP contribution in [0.3, 0.4) is 0 Å². The molecule has 0 saturated carbocycles. The smallest absolute Gasteiger partial charge is 0.272 e. The molecule has 0 spiro atoms. The minimum atomic E-state index is -4.62. The SMILES string of the molecule is CC1(C)C(=O)N(c2cc(C(F)(F)F)ccc2Br)S1(=O)=O. The van der Waals surface area contributed by atoms with Crippen LogP contribution in [0.4, 0.5) is 18.9 Å². The number of hydrogen-bond donors (Lipinski definition) is 0. The van der Waals surface area contributed by atoms with Crippen LogP contribution in [0.15, 0.2) is 22.7 Å². The highest BCUT2D eigenvalue weighted by Crippen LogP contribution is 2.44. The van der Waals surface area contributed by atoms with Gasteiger partial charge in [-0.15, -0.1) is 0 Å². The van der Waals surface area contributed by atoms with Crippen molar-refractivity contribution in [2.45, 2.75) is 24.8 Å². The predicted molar refractivity (Wildman–Crippen MR) is 69.6 cm³/mol. The van der Waals surface area contributed by atoms with Gasteiger partial charge in [-0.3, -0.25) is 4.79 Å². The summed E-state index contributed by atoms with van der Waals surface area (Å²) in [7, 11) is -4.00. The average Bonchev–Trinajstić information content (AvgIpc) is 2.29. The Bertz CT molecular complexity index is 697. The molecule has 1 aliphatic rings. The summed E-state index contributed by atoms with van der Waals surface area (Å²) < 4.78 is 60.8. The Morgan fingerprint density at radius 2 is 1.80 bits per heavy atom. The van der Waals surface area contributed by atoms with Crippen molar-refractivity contribution < 1.29 is 26.4 Å². The van der Waals surface area contributed by atoms with Crippen LogP contribution in [0.2, 0.25) is 0 Å². The van der Waals surface area contributed by atoms with Crippen LogP contribution in [0.5, 0.6) is 0 Å². The van der Waals surface area contributed by atoms with Crippen LogP contribution in [0.25, 0.3) is 0 Å². The van der Waals surface area contributed by atoms with E-state index in [9.17, 15) is 26.4 Å². The van der Waals surface area contributed by atoms with Gasteiger partial charge in [0.15, 0.2) is 4.75 Å². The molecule has 20 heavy (non-hydrogen) atoms. The van der Waals surface area contributed by atoms with Crippen LogP contribution < -0.4 is 4.31 Å². The standard InChI is InChI=1S/C11H9BrF3NO3S/c1-10(2)9(17)16(20(10,18)19)8-5-6(11(13,14)15)3-4-7(8)12/h3-5H,1-2H3. The van der Waals surface area contributed by atoms with E-state index in [0.717, 1.165) is 12.1 Å². The molecule has 9 heteroatoms. The Kier molecular flexibility index (Phi) is 3.22. The van der Waals surface area contributed by atoms with Crippen LogP contribution >= 0.6 is 15.9 Å². The Morgan fingerprint density at radius 1 is 1.25 bits per heavy atom. The highest BCUT2D eigenvalue weighted by atomic mass is 79.9. The van der Waals surface area contributed by atoms with Crippen molar-refractivity contribution in [3.8, 4) is 0 Å². The summed E-state index contributed by atoms with van der Waals surface area (Å²) in [5.74, 6) is -0.766. The number of carbonyl (C=O) groups is 1. The zero-order chi connectivity index (χ0) is 15.5. The summed E-state index contributed by atoms with van der Waals surface area (Å²) in [6.07, 6.45) is -4.62. The maximum atomic E-state index is 12.7. The van der Waals surface area contributed by atoms with Crippen LogP contribution in [-0.2, 0) is 21.0 Å². The molecule has 2 rings (SSSR count). The molecule has 110 valence electrons. The molecule has 0 unspecified atom stereocenters. The lowest BCUT2D eigenvalue weighted by atomic mass is 10.1. The van der Waals surface area contributed by atoms with Gasteiger partial charge in [-0.2, -0.15) is 13.2 Å².